The highest BCUT2D eigenvalue weighted by Crippen LogP contribution is 2.23. The van der Waals surface area contributed by atoms with Crippen molar-refractivity contribution in [2.75, 3.05) is 25.0 Å². The lowest BCUT2D eigenvalue weighted by molar-refractivity contribution is -0.136. The first-order chi connectivity index (χ1) is 15.0. The number of rotatable bonds is 4. The predicted octanol–water partition coefficient (Wildman–Crippen LogP) is 3.69. The van der Waals surface area contributed by atoms with Gasteiger partial charge in [-0.05, 0) is 49.1 Å². The average Bonchev–Trinajstić information content (AvgIpc) is 3.21. The Balaban J connectivity index is 1.24. The van der Waals surface area contributed by atoms with Crippen LogP contribution in [0.25, 0.3) is 11.0 Å². The Morgan fingerprint density at radius 1 is 1.00 bits per heavy atom. The molecule has 1 aliphatic rings. The minimum atomic E-state index is -0.736. The molecule has 2 aromatic carbocycles. The van der Waals surface area contributed by atoms with Crippen molar-refractivity contribution < 1.29 is 18.8 Å². The molecular formula is C23H22ClN3O4. The number of fused-ring (bicyclic) bond motifs is 1. The normalized spacial score (nSPS) is 14.4. The van der Waals surface area contributed by atoms with Crippen LogP contribution in [-0.2, 0) is 9.59 Å². The summed E-state index contributed by atoms with van der Waals surface area (Å²) in [6, 6.07) is 15.9. The number of para-hydroxylation sites is 1. The number of benzene rings is 2. The van der Waals surface area contributed by atoms with Gasteiger partial charge in [0.1, 0.15) is 5.58 Å². The molecule has 3 aromatic rings. The fourth-order valence-electron chi connectivity index (χ4n) is 3.65. The van der Waals surface area contributed by atoms with Crippen molar-refractivity contribution in [2.24, 2.45) is 5.92 Å². The van der Waals surface area contributed by atoms with Gasteiger partial charge in [0.15, 0.2) is 5.76 Å². The van der Waals surface area contributed by atoms with Crippen molar-refractivity contribution in [1.29, 1.82) is 0 Å². The zero-order valence-corrected chi connectivity index (χ0v) is 17.5. The number of nitrogens with one attached hydrogen (secondary N) is 2. The molecule has 3 amide bonds. The van der Waals surface area contributed by atoms with E-state index in [9.17, 15) is 14.4 Å². The van der Waals surface area contributed by atoms with E-state index in [-0.39, 0.29) is 11.8 Å². The van der Waals surface area contributed by atoms with Crippen LogP contribution in [0.1, 0.15) is 23.4 Å². The third kappa shape index (κ3) is 5.06. The Morgan fingerprint density at radius 2 is 1.77 bits per heavy atom. The number of carbonyl (C=O) groups is 3. The van der Waals surface area contributed by atoms with Gasteiger partial charge in [0.05, 0.1) is 0 Å². The van der Waals surface area contributed by atoms with Crippen LogP contribution in [0.15, 0.2) is 59.0 Å². The molecule has 0 unspecified atom stereocenters. The van der Waals surface area contributed by atoms with Crippen LogP contribution in [0, 0.1) is 5.92 Å². The molecule has 1 saturated heterocycles. The van der Waals surface area contributed by atoms with Gasteiger partial charge in [-0.2, -0.15) is 0 Å². The predicted molar refractivity (Wildman–Crippen MR) is 118 cm³/mol. The summed E-state index contributed by atoms with van der Waals surface area (Å²) in [5.74, 6) is -1.02. The number of amides is 3. The quantitative estimate of drug-likeness (QED) is 0.606. The first-order valence-electron chi connectivity index (χ1n) is 10.1. The van der Waals surface area contributed by atoms with Gasteiger partial charge in [-0.15, -0.1) is 0 Å². The van der Waals surface area contributed by atoms with E-state index in [0.717, 1.165) is 18.2 Å². The minimum absolute atomic E-state index is 0.125. The zero-order chi connectivity index (χ0) is 21.8. The highest BCUT2D eigenvalue weighted by atomic mass is 35.5. The first kappa shape index (κ1) is 20.9. The second-order valence-electron chi connectivity index (χ2n) is 7.56. The first-order valence-corrected chi connectivity index (χ1v) is 10.5. The van der Waals surface area contributed by atoms with E-state index in [0.29, 0.717) is 41.7 Å². The Hall–Kier alpha value is -3.32. The standard InChI is InChI=1S/C23H22ClN3O4/c24-17-5-3-6-18(13-17)26-22(29)21(28)25-14-15-8-10-27(11-9-15)23(30)20-12-16-4-1-2-7-19(16)31-20/h1-7,12-13,15H,8-11,14H2,(H,25,28)(H,26,29). The van der Waals surface area contributed by atoms with Gasteiger partial charge in [-0.25, -0.2) is 0 Å². The third-order valence-corrected chi connectivity index (χ3v) is 5.61. The maximum Gasteiger partial charge on any atom is 0.313 e. The van der Waals surface area contributed by atoms with Crippen LogP contribution >= 0.6 is 11.6 Å². The van der Waals surface area contributed by atoms with E-state index >= 15 is 0 Å². The number of piperidine rings is 1. The van der Waals surface area contributed by atoms with Crippen molar-refractivity contribution in [2.45, 2.75) is 12.8 Å². The highest BCUT2D eigenvalue weighted by Gasteiger charge is 2.26. The summed E-state index contributed by atoms with van der Waals surface area (Å²) in [6.07, 6.45) is 1.48. The molecule has 31 heavy (non-hydrogen) atoms. The summed E-state index contributed by atoms with van der Waals surface area (Å²) >= 11 is 5.88. The highest BCUT2D eigenvalue weighted by molar-refractivity contribution is 6.39. The van der Waals surface area contributed by atoms with Crippen LogP contribution in [0.5, 0.6) is 0 Å². The topological polar surface area (TPSA) is 91.7 Å². The number of hydrogen-bond acceptors (Lipinski definition) is 4. The number of hydrogen-bond donors (Lipinski definition) is 2. The maximum absolute atomic E-state index is 12.7. The lowest BCUT2D eigenvalue weighted by Gasteiger charge is -2.31. The number of halogens is 1. The van der Waals surface area contributed by atoms with Crippen molar-refractivity contribution in [1.82, 2.24) is 10.2 Å². The second kappa shape index (κ2) is 9.22. The number of anilines is 1. The number of furan rings is 1. The Kier molecular flexibility index (Phi) is 6.23. The van der Waals surface area contributed by atoms with Gasteiger partial charge >= 0.3 is 11.8 Å². The zero-order valence-electron chi connectivity index (χ0n) is 16.8. The lowest BCUT2D eigenvalue weighted by atomic mass is 9.96. The SMILES string of the molecule is O=C(NCC1CCN(C(=O)c2cc3ccccc3o2)CC1)C(=O)Nc1cccc(Cl)c1. The number of likely N-dealkylation sites (tertiary alicyclic amines) is 1. The van der Waals surface area contributed by atoms with Crippen molar-refractivity contribution >= 4 is 46.0 Å². The van der Waals surface area contributed by atoms with E-state index in [1.54, 1.807) is 35.2 Å². The molecule has 160 valence electrons. The fraction of sp³-hybridized carbons (Fsp3) is 0.261. The van der Waals surface area contributed by atoms with Gasteiger partial charge in [0.2, 0.25) is 0 Å². The van der Waals surface area contributed by atoms with Crippen LogP contribution in [0.3, 0.4) is 0 Å². The van der Waals surface area contributed by atoms with Gasteiger partial charge < -0.3 is 20.0 Å². The molecular weight excluding hydrogens is 418 g/mol. The molecule has 1 aromatic heterocycles. The number of nitrogens with zero attached hydrogens (tertiary/aromatic N) is 1. The van der Waals surface area contributed by atoms with Gasteiger partial charge in [-0.1, -0.05) is 35.9 Å². The van der Waals surface area contributed by atoms with Crippen LogP contribution in [0.2, 0.25) is 5.02 Å². The van der Waals surface area contributed by atoms with Crippen molar-refractivity contribution in [3.8, 4) is 0 Å². The van der Waals surface area contributed by atoms with Crippen LogP contribution < -0.4 is 10.6 Å². The second-order valence-corrected chi connectivity index (χ2v) is 7.99. The van der Waals surface area contributed by atoms with Crippen molar-refractivity contribution in [3.05, 3.63) is 65.4 Å². The molecule has 1 fully saturated rings. The Bertz CT molecular complexity index is 1090. The maximum atomic E-state index is 12.7. The third-order valence-electron chi connectivity index (χ3n) is 5.38. The van der Waals surface area contributed by atoms with Gasteiger partial charge in [0.25, 0.3) is 5.91 Å². The molecule has 0 spiro atoms. The van der Waals surface area contributed by atoms with E-state index < -0.39 is 11.8 Å². The van der Waals surface area contributed by atoms with E-state index in [1.807, 2.05) is 24.3 Å². The number of carbonyl (C=O) groups excluding carboxylic acids is 3. The minimum Gasteiger partial charge on any atom is -0.451 e. The summed E-state index contributed by atoms with van der Waals surface area (Å²) < 4.78 is 5.67. The molecule has 0 aliphatic carbocycles. The van der Waals surface area contributed by atoms with E-state index in [4.69, 9.17) is 16.0 Å². The van der Waals surface area contributed by atoms with Crippen LogP contribution in [0.4, 0.5) is 5.69 Å². The summed E-state index contributed by atoms with van der Waals surface area (Å²) in [4.78, 5) is 38.6. The largest absolute Gasteiger partial charge is 0.451 e. The van der Waals surface area contributed by atoms with Gasteiger partial charge in [-0.3, -0.25) is 14.4 Å². The molecule has 0 atom stereocenters. The van der Waals surface area contributed by atoms with E-state index in [2.05, 4.69) is 10.6 Å². The van der Waals surface area contributed by atoms with Crippen LogP contribution in [-0.4, -0.2) is 42.3 Å². The molecule has 2 N–H and O–H groups in total. The summed E-state index contributed by atoms with van der Waals surface area (Å²) in [5, 5.41) is 6.57. The molecule has 0 radical (unpaired) electrons. The molecule has 0 bridgehead atoms. The molecule has 1 aliphatic heterocycles. The molecule has 2 heterocycles. The summed E-state index contributed by atoms with van der Waals surface area (Å²) in [5.41, 5.74) is 1.16. The Morgan fingerprint density at radius 3 is 2.52 bits per heavy atom. The lowest BCUT2D eigenvalue weighted by Crippen LogP contribution is -2.43. The van der Waals surface area contributed by atoms with Gasteiger partial charge in [0, 0.05) is 35.7 Å². The molecule has 8 heteroatoms. The fourth-order valence-corrected chi connectivity index (χ4v) is 3.84. The monoisotopic (exact) mass is 439 g/mol. The Labute approximate surface area is 184 Å². The molecule has 4 rings (SSSR count). The molecule has 7 nitrogen and oxygen atoms in total. The summed E-state index contributed by atoms with van der Waals surface area (Å²) in [7, 11) is 0. The molecule has 0 saturated carbocycles. The summed E-state index contributed by atoms with van der Waals surface area (Å²) in [6.45, 7) is 1.53. The van der Waals surface area contributed by atoms with Crippen molar-refractivity contribution in [3.63, 3.8) is 0 Å². The smallest absolute Gasteiger partial charge is 0.313 e. The average molecular weight is 440 g/mol. The van der Waals surface area contributed by atoms with E-state index in [1.165, 1.54) is 0 Å².